The van der Waals surface area contributed by atoms with Crippen molar-refractivity contribution in [2.24, 2.45) is 0 Å². The second kappa shape index (κ2) is 22.3. The molecule has 4 aliphatic carbocycles. The van der Waals surface area contributed by atoms with Crippen molar-refractivity contribution in [2.45, 2.75) is 49.4 Å². The van der Waals surface area contributed by atoms with Gasteiger partial charge in [-0.2, -0.15) is 0 Å². The van der Waals surface area contributed by atoms with Crippen LogP contribution in [0.3, 0.4) is 0 Å². The molecule has 18 aromatic carbocycles. The van der Waals surface area contributed by atoms with Crippen molar-refractivity contribution in [2.75, 3.05) is 9.80 Å². The molecule has 0 aromatic heterocycles. The molecule has 4 aliphatic rings. The SMILES string of the molecule is CC1(C)c2ccccc2-c2ccc(N(c3cccc4ccccc34)c3cc4c(c5ccccc35)-c3c(ccc5ccccc35)C4(c3ccccc3)C3(c4ccccc4)c4ccc5ccccc5c4-c4c3cc(N(c3ccc5c(c3)C(C)(C)c3ccccc3-5)c3cccc5ccccc35)c3ccccc43)cc21. The van der Waals surface area contributed by atoms with Crippen molar-refractivity contribution in [3.05, 3.63) is 420 Å². The third-order valence-electron chi connectivity index (χ3n) is 25.1. The highest BCUT2D eigenvalue weighted by molar-refractivity contribution is 6.21. The predicted molar refractivity (Wildman–Crippen MR) is 446 cm³/mol. The summed E-state index contributed by atoms with van der Waals surface area (Å²) in [7, 11) is 0. The van der Waals surface area contributed by atoms with Gasteiger partial charge in [0.1, 0.15) is 0 Å². The molecule has 498 valence electrons. The van der Waals surface area contributed by atoms with Gasteiger partial charge >= 0.3 is 0 Å². The third kappa shape index (κ3) is 8.00. The minimum atomic E-state index is -1.06. The number of rotatable bonds is 9. The van der Waals surface area contributed by atoms with Crippen LogP contribution in [0, 0.1) is 0 Å². The van der Waals surface area contributed by atoms with Crippen LogP contribution in [0.5, 0.6) is 0 Å². The summed E-state index contributed by atoms with van der Waals surface area (Å²) in [5, 5.41) is 14.3. The summed E-state index contributed by atoms with van der Waals surface area (Å²) in [5.41, 5.74) is 27.0. The number of anilines is 6. The zero-order valence-electron chi connectivity index (χ0n) is 59.5. The van der Waals surface area contributed by atoms with E-state index in [9.17, 15) is 0 Å². The summed E-state index contributed by atoms with van der Waals surface area (Å²) in [5.74, 6) is 0. The summed E-state index contributed by atoms with van der Waals surface area (Å²) in [6.45, 7) is 9.65. The molecule has 0 heterocycles. The molecule has 0 saturated carbocycles. The minimum absolute atomic E-state index is 0.262. The van der Waals surface area contributed by atoms with E-state index in [1.807, 2.05) is 0 Å². The Morgan fingerprint density at radius 2 is 0.500 bits per heavy atom. The van der Waals surface area contributed by atoms with Gasteiger partial charge in [-0.3, -0.25) is 0 Å². The first-order valence-electron chi connectivity index (χ1n) is 37.5. The normalized spacial score (nSPS) is 16.5. The highest BCUT2D eigenvalue weighted by Gasteiger charge is 2.65. The van der Waals surface area contributed by atoms with E-state index < -0.39 is 10.8 Å². The summed E-state index contributed by atoms with van der Waals surface area (Å²) in [4.78, 5) is 5.29. The van der Waals surface area contributed by atoms with E-state index in [1.165, 1.54) is 165 Å². The van der Waals surface area contributed by atoms with Crippen molar-refractivity contribution in [3.63, 3.8) is 0 Å². The molecule has 0 fully saturated rings. The molecular formula is C104H72N2. The molecule has 0 saturated heterocycles. The van der Waals surface area contributed by atoms with Crippen LogP contribution >= 0.6 is 0 Å². The zero-order valence-corrected chi connectivity index (χ0v) is 59.5. The quantitative estimate of drug-likeness (QED) is 0.142. The maximum atomic E-state index is 2.70. The van der Waals surface area contributed by atoms with Crippen molar-refractivity contribution in [3.8, 4) is 44.5 Å². The van der Waals surface area contributed by atoms with E-state index in [2.05, 4.69) is 401 Å². The molecule has 22 rings (SSSR count). The van der Waals surface area contributed by atoms with Gasteiger partial charge in [0.25, 0.3) is 0 Å². The highest BCUT2D eigenvalue weighted by atomic mass is 15.2. The van der Waals surface area contributed by atoms with Crippen molar-refractivity contribution >= 4 is 98.8 Å². The smallest absolute Gasteiger partial charge is 0.0642 e. The van der Waals surface area contributed by atoms with Gasteiger partial charge in [-0.1, -0.05) is 343 Å². The molecule has 18 aromatic rings. The Morgan fingerprint density at radius 3 is 0.915 bits per heavy atom. The fourth-order valence-electron chi connectivity index (χ4n) is 20.7. The maximum Gasteiger partial charge on any atom is 0.0642 e. The van der Waals surface area contributed by atoms with Gasteiger partial charge in [0.05, 0.1) is 33.6 Å². The van der Waals surface area contributed by atoms with Crippen LogP contribution in [-0.2, 0) is 21.7 Å². The summed E-state index contributed by atoms with van der Waals surface area (Å²) in [6, 6.07) is 141. The summed E-state index contributed by atoms with van der Waals surface area (Å²) >= 11 is 0. The van der Waals surface area contributed by atoms with E-state index in [4.69, 9.17) is 0 Å². The molecular weight excluding hydrogens is 1280 g/mol. The van der Waals surface area contributed by atoms with E-state index >= 15 is 0 Å². The lowest BCUT2D eigenvalue weighted by Crippen LogP contribution is -2.50. The molecule has 106 heavy (non-hydrogen) atoms. The predicted octanol–water partition coefficient (Wildman–Crippen LogP) is 27.5. The van der Waals surface area contributed by atoms with E-state index in [0.717, 1.165) is 34.1 Å². The minimum Gasteiger partial charge on any atom is -0.309 e. The first kappa shape index (κ1) is 60.7. The van der Waals surface area contributed by atoms with Gasteiger partial charge < -0.3 is 9.80 Å². The first-order valence-corrected chi connectivity index (χ1v) is 37.5. The Bertz CT molecular complexity index is 6380. The first-order chi connectivity index (χ1) is 52.1. The van der Waals surface area contributed by atoms with E-state index in [0.29, 0.717) is 0 Å². The monoisotopic (exact) mass is 1350 g/mol. The number of nitrogens with zero attached hydrogens (tertiary/aromatic N) is 2. The van der Waals surface area contributed by atoms with Crippen LogP contribution in [0.15, 0.2) is 364 Å². The standard InChI is InChI=1S/C104H72N2/c1-101(2)85-49-25-23-43-77(85)79-57-55-71(61-89(79)101)105(93-51-27-33-65-29-11-15-39-73(65)93)95-63-91-99(83-47-21-19-45-81(83)95)97-75-41-17-13-31-67(75)53-59-87(97)103(91,69-35-7-5-8-36-69)104(70-37-9-6-10-38-70)88-60-54-68-32-14-18-42-76(68)98(88)100-84-48-22-20-46-82(84)96(64-92(100)104)106(94-52-28-34-66-30-12-16-40-74(66)94)72-56-58-80-78-44-24-26-50-86(78)102(3,4)90(80)62-72/h5-64H,1-4H3. The van der Waals surface area contributed by atoms with Crippen LogP contribution in [0.1, 0.15) is 83.3 Å². The largest absolute Gasteiger partial charge is 0.309 e. The van der Waals surface area contributed by atoms with Gasteiger partial charge in [-0.05, 0) is 192 Å². The van der Waals surface area contributed by atoms with Gasteiger partial charge in [-0.15, -0.1) is 0 Å². The molecule has 2 nitrogen and oxygen atoms in total. The number of fused-ring (bicyclic) bond motifs is 22. The fraction of sp³-hybridized carbons (Fsp3) is 0.0769. The average molecular weight is 1350 g/mol. The fourth-order valence-corrected chi connectivity index (χ4v) is 20.7. The van der Waals surface area contributed by atoms with Gasteiger partial charge in [-0.25, -0.2) is 0 Å². The second-order valence-corrected chi connectivity index (χ2v) is 30.8. The Balaban J connectivity index is 0.941. The lowest BCUT2D eigenvalue weighted by molar-refractivity contribution is 0.438. The topological polar surface area (TPSA) is 6.48 Å². The lowest BCUT2D eigenvalue weighted by Gasteiger charge is -2.51. The van der Waals surface area contributed by atoms with Crippen LogP contribution in [-0.4, -0.2) is 0 Å². The van der Waals surface area contributed by atoms with Gasteiger partial charge in [0.15, 0.2) is 0 Å². The van der Waals surface area contributed by atoms with Crippen LogP contribution in [0.2, 0.25) is 0 Å². The number of hydrogen-bond acceptors (Lipinski definition) is 2. The van der Waals surface area contributed by atoms with E-state index in [1.54, 1.807) is 0 Å². The zero-order chi connectivity index (χ0) is 70.4. The third-order valence-corrected chi connectivity index (χ3v) is 25.1. The maximum absolute atomic E-state index is 2.70. The molecule has 0 aliphatic heterocycles. The molecule has 0 spiro atoms. The average Bonchev–Trinajstić information content (AvgIpc) is 1.47. The molecule has 0 N–H and O–H groups in total. The summed E-state index contributed by atoms with van der Waals surface area (Å²) in [6.07, 6.45) is 0. The Labute approximate surface area is 618 Å². The van der Waals surface area contributed by atoms with Crippen LogP contribution in [0.25, 0.3) is 109 Å². The van der Waals surface area contributed by atoms with Crippen LogP contribution < -0.4 is 9.80 Å². The molecule has 2 heteroatoms. The molecule has 0 bridgehead atoms. The molecule has 0 radical (unpaired) electrons. The van der Waals surface area contributed by atoms with Crippen molar-refractivity contribution < 1.29 is 0 Å². The Morgan fingerprint density at radius 1 is 0.189 bits per heavy atom. The van der Waals surface area contributed by atoms with E-state index in [-0.39, 0.29) is 10.8 Å². The number of hydrogen-bond donors (Lipinski definition) is 0. The van der Waals surface area contributed by atoms with Gasteiger partial charge in [0, 0.05) is 43.7 Å². The lowest BCUT2D eigenvalue weighted by atomic mass is 9.49. The van der Waals surface area contributed by atoms with Crippen molar-refractivity contribution in [1.82, 2.24) is 0 Å². The molecule has 2 atom stereocenters. The second-order valence-electron chi connectivity index (χ2n) is 30.8. The highest BCUT2D eigenvalue weighted by Crippen LogP contribution is 2.73. The molecule has 0 amide bonds. The van der Waals surface area contributed by atoms with Crippen LogP contribution in [0.4, 0.5) is 34.1 Å². The van der Waals surface area contributed by atoms with Gasteiger partial charge in [0.2, 0.25) is 0 Å². The number of benzene rings is 18. The molecule has 2 unspecified atom stereocenters. The van der Waals surface area contributed by atoms with Crippen molar-refractivity contribution in [1.29, 1.82) is 0 Å². The Kier molecular flexibility index (Phi) is 12.8. The Hall–Kier alpha value is -12.9. The summed E-state index contributed by atoms with van der Waals surface area (Å²) < 4.78 is 0.